The van der Waals surface area contributed by atoms with Crippen LogP contribution in [-0.4, -0.2) is 45.0 Å². The Bertz CT molecular complexity index is 2270. The minimum Gasteiger partial charge on any atom is -0.492 e. The van der Waals surface area contributed by atoms with Crippen molar-refractivity contribution in [1.82, 2.24) is 19.4 Å². The summed E-state index contributed by atoms with van der Waals surface area (Å²) in [5.74, 6) is -1.35. The van der Waals surface area contributed by atoms with Crippen molar-refractivity contribution in [3.8, 4) is 33.5 Å². The molecule has 0 unspecified atom stereocenters. The number of hydrogen-bond donors (Lipinski definition) is 1. The number of pyridine rings is 3. The van der Waals surface area contributed by atoms with E-state index in [1.54, 1.807) is 18.5 Å². The van der Waals surface area contributed by atoms with E-state index in [0.717, 1.165) is 41.0 Å². The summed E-state index contributed by atoms with van der Waals surface area (Å²) < 4.78 is 42.7. The minimum absolute atomic E-state index is 0.0487. The van der Waals surface area contributed by atoms with Crippen LogP contribution in [0.4, 0.5) is 14.5 Å². The summed E-state index contributed by atoms with van der Waals surface area (Å²) in [7, 11) is 0. The topological polar surface area (TPSA) is 98.6 Å². The number of rotatable bonds is 8. The average molecular weight is 678 g/mol. The quantitative estimate of drug-likeness (QED) is 0.180. The Morgan fingerprint density at radius 2 is 1.82 bits per heavy atom. The molecule has 49 heavy (non-hydrogen) atoms. The third-order valence-corrected chi connectivity index (χ3v) is 9.81. The zero-order chi connectivity index (χ0) is 33.5. The number of anilines is 1. The van der Waals surface area contributed by atoms with Crippen LogP contribution in [-0.2, 0) is 13.0 Å². The van der Waals surface area contributed by atoms with Crippen molar-refractivity contribution in [2.24, 2.45) is 0 Å². The highest BCUT2D eigenvalue weighted by Crippen LogP contribution is 2.39. The molecule has 0 radical (unpaired) electrons. The van der Waals surface area contributed by atoms with E-state index < -0.39 is 23.1 Å². The summed E-state index contributed by atoms with van der Waals surface area (Å²) in [6.45, 7) is 3.45. The fourth-order valence-corrected chi connectivity index (χ4v) is 7.25. The Morgan fingerprint density at radius 1 is 0.980 bits per heavy atom. The second-order valence-electron chi connectivity index (χ2n) is 12.0. The number of nitrogens with one attached hydrogen (secondary N) is 1. The largest absolute Gasteiger partial charge is 0.492 e. The van der Waals surface area contributed by atoms with Crippen LogP contribution in [0.5, 0.6) is 17.2 Å². The molecule has 9 nitrogen and oxygen atoms in total. The van der Waals surface area contributed by atoms with E-state index in [1.807, 2.05) is 18.3 Å². The summed E-state index contributed by atoms with van der Waals surface area (Å²) in [6.07, 6.45) is 8.09. The van der Waals surface area contributed by atoms with Gasteiger partial charge in [0.05, 0.1) is 27.4 Å². The maximum Gasteiger partial charge on any atom is 0.271 e. The molecular formula is C37H29F2N5O4S. The smallest absolute Gasteiger partial charge is 0.271 e. The molecule has 1 saturated heterocycles. The Balaban J connectivity index is 1.01. The van der Waals surface area contributed by atoms with Gasteiger partial charge in [0.2, 0.25) is 0 Å². The van der Waals surface area contributed by atoms with Gasteiger partial charge in [-0.25, -0.2) is 8.78 Å². The van der Waals surface area contributed by atoms with E-state index in [-0.39, 0.29) is 22.7 Å². The SMILES string of the molecule is O=C(Nc1ccc(Oc2ccnc3cc(-c4ccc(CN5CCCC5)cn4)sc23)c(F)c1)c1c2c(cn(-c3ccc(F)cc3)c1=O)CCO2. The van der Waals surface area contributed by atoms with Gasteiger partial charge in [0, 0.05) is 60.6 Å². The second kappa shape index (κ2) is 12.9. The van der Waals surface area contributed by atoms with E-state index in [1.165, 1.54) is 70.7 Å². The number of carbonyl (C=O) groups excluding carboxylic acids is 1. The first-order chi connectivity index (χ1) is 23.9. The highest BCUT2D eigenvalue weighted by atomic mass is 32.1. The Hall–Kier alpha value is -5.46. The summed E-state index contributed by atoms with van der Waals surface area (Å²) in [4.78, 5) is 39.4. The molecule has 0 spiro atoms. The van der Waals surface area contributed by atoms with Crippen molar-refractivity contribution in [1.29, 1.82) is 0 Å². The number of carbonyl (C=O) groups is 1. The molecule has 0 aliphatic carbocycles. The van der Waals surface area contributed by atoms with Gasteiger partial charge in [-0.15, -0.1) is 11.3 Å². The molecular weight excluding hydrogens is 649 g/mol. The molecule has 1 fully saturated rings. The van der Waals surface area contributed by atoms with Crippen molar-refractivity contribution in [3.63, 3.8) is 0 Å². The summed E-state index contributed by atoms with van der Waals surface area (Å²) in [5.41, 5.74) is 3.02. The molecule has 4 aromatic heterocycles. The Morgan fingerprint density at radius 3 is 2.59 bits per heavy atom. The number of ether oxygens (including phenoxy) is 2. The zero-order valence-electron chi connectivity index (χ0n) is 26.1. The Labute approximate surface area is 283 Å². The van der Waals surface area contributed by atoms with Gasteiger partial charge in [-0.3, -0.25) is 29.0 Å². The van der Waals surface area contributed by atoms with Crippen molar-refractivity contribution in [2.75, 3.05) is 25.0 Å². The standard InChI is InChI=1S/C37H29F2N5O4S/c38-24-4-7-26(8-5-24)44-21-23-12-16-47-34(23)33(37(44)46)36(45)42-25-6-10-30(27(39)17-25)48-31-11-13-40-29-18-32(49-35(29)31)28-9-3-22(19-41-28)20-43-14-1-2-15-43/h3-11,13,17-19,21H,1-2,12,14-16,20H2,(H,42,45). The summed E-state index contributed by atoms with van der Waals surface area (Å²) in [5, 5.41) is 2.62. The highest BCUT2D eigenvalue weighted by Gasteiger charge is 2.27. The lowest BCUT2D eigenvalue weighted by molar-refractivity contribution is 0.102. The maximum atomic E-state index is 15.4. The van der Waals surface area contributed by atoms with Gasteiger partial charge in [0.25, 0.3) is 11.5 Å². The number of nitrogens with zero attached hydrogens (tertiary/aromatic N) is 4. The second-order valence-corrected chi connectivity index (χ2v) is 13.0. The maximum absolute atomic E-state index is 15.4. The number of benzene rings is 2. The van der Waals surface area contributed by atoms with Crippen LogP contribution in [0.15, 0.2) is 90.1 Å². The van der Waals surface area contributed by atoms with E-state index in [0.29, 0.717) is 35.5 Å². The predicted octanol–water partition coefficient (Wildman–Crippen LogP) is 7.36. The van der Waals surface area contributed by atoms with Gasteiger partial charge >= 0.3 is 0 Å². The van der Waals surface area contributed by atoms with Crippen LogP contribution < -0.4 is 20.3 Å². The number of likely N-dealkylation sites (tertiary alicyclic amines) is 1. The minimum atomic E-state index is -0.757. The fraction of sp³-hybridized carbons (Fsp3) is 0.189. The molecule has 12 heteroatoms. The number of fused-ring (bicyclic) bond motifs is 2. The monoisotopic (exact) mass is 677 g/mol. The van der Waals surface area contributed by atoms with Gasteiger partial charge in [-0.1, -0.05) is 6.07 Å². The van der Waals surface area contributed by atoms with Crippen molar-refractivity contribution in [2.45, 2.75) is 25.8 Å². The molecule has 0 atom stereocenters. The first-order valence-corrected chi connectivity index (χ1v) is 16.7. The van der Waals surface area contributed by atoms with Crippen LogP contribution in [0.1, 0.15) is 34.3 Å². The van der Waals surface area contributed by atoms with E-state index in [4.69, 9.17) is 14.5 Å². The molecule has 1 amide bonds. The average Bonchev–Trinajstić information content (AvgIpc) is 3.88. The van der Waals surface area contributed by atoms with Crippen LogP contribution in [0.3, 0.4) is 0 Å². The normalized spacial score (nSPS) is 14.2. The van der Waals surface area contributed by atoms with Gasteiger partial charge < -0.3 is 14.8 Å². The highest BCUT2D eigenvalue weighted by molar-refractivity contribution is 7.22. The molecule has 0 saturated carbocycles. The van der Waals surface area contributed by atoms with E-state index >= 15 is 4.39 Å². The number of thiophene rings is 1. The van der Waals surface area contributed by atoms with Crippen LogP contribution >= 0.6 is 11.3 Å². The van der Waals surface area contributed by atoms with Crippen LogP contribution in [0, 0.1) is 11.6 Å². The van der Waals surface area contributed by atoms with Crippen LogP contribution in [0.25, 0.3) is 26.5 Å². The van der Waals surface area contributed by atoms with E-state index in [2.05, 4.69) is 21.3 Å². The molecule has 6 heterocycles. The van der Waals surface area contributed by atoms with Crippen molar-refractivity contribution in [3.05, 3.63) is 124 Å². The molecule has 8 rings (SSSR count). The number of aromatic nitrogens is 3. The first-order valence-electron chi connectivity index (χ1n) is 15.9. The van der Waals surface area contributed by atoms with Gasteiger partial charge in [-0.2, -0.15) is 0 Å². The summed E-state index contributed by atoms with van der Waals surface area (Å²) in [6, 6.07) is 17.1. The molecule has 246 valence electrons. The molecule has 0 bridgehead atoms. The molecule has 2 aliphatic heterocycles. The predicted molar refractivity (Wildman–Crippen MR) is 183 cm³/mol. The first kappa shape index (κ1) is 30.8. The lowest BCUT2D eigenvalue weighted by Crippen LogP contribution is -2.29. The number of hydrogen-bond acceptors (Lipinski definition) is 8. The number of amides is 1. The molecule has 6 aromatic rings. The van der Waals surface area contributed by atoms with Crippen molar-refractivity contribution >= 4 is 33.1 Å². The van der Waals surface area contributed by atoms with Crippen LogP contribution in [0.2, 0.25) is 0 Å². The number of halogens is 2. The molecule has 1 N–H and O–H groups in total. The lowest BCUT2D eigenvalue weighted by Gasteiger charge is -2.14. The zero-order valence-corrected chi connectivity index (χ0v) is 26.9. The third kappa shape index (κ3) is 6.16. The van der Waals surface area contributed by atoms with Gasteiger partial charge in [-0.05, 0) is 80.0 Å². The van der Waals surface area contributed by atoms with Gasteiger partial charge in [0.15, 0.2) is 11.6 Å². The fourth-order valence-electron chi connectivity index (χ4n) is 6.21. The Kier molecular flexibility index (Phi) is 8.10. The van der Waals surface area contributed by atoms with Gasteiger partial charge in [0.1, 0.15) is 22.9 Å². The summed E-state index contributed by atoms with van der Waals surface area (Å²) >= 11 is 1.46. The molecule has 2 aliphatic rings. The van der Waals surface area contributed by atoms with Crippen molar-refractivity contribution < 1.29 is 23.0 Å². The molecule has 2 aromatic carbocycles. The van der Waals surface area contributed by atoms with E-state index in [9.17, 15) is 14.0 Å². The third-order valence-electron chi connectivity index (χ3n) is 8.65. The lowest BCUT2D eigenvalue weighted by atomic mass is 10.1.